The van der Waals surface area contributed by atoms with Gasteiger partial charge in [0.25, 0.3) is 5.95 Å². The fourth-order valence-corrected chi connectivity index (χ4v) is 3.60. The highest BCUT2D eigenvalue weighted by Gasteiger charge is 2.21. The third-order valence-corrected chi connectivity index (χ3v) is 4.79. The van der Waals surface area contributed by atoms with Crippen molar-refractivity contribution in [2.24, 2.45) is 10.2 Å². The van der Waals surface area contributed by atoms with Crippen molar-refractivity contribution in [1.29, 1.82) is 0 Å². The molecule has 5 nitrogen and oxygen atoms in total. The molecule has 1 unspecified atom stereocenters. The molecule has 0 saturated carbocycles. The molecule has 0 spiro atoms. The van der Waals surface area contributed by atoms with Crippen LogP contribution in [0.2, 0.25) is 0 Å². The number of benzene rings is 1. The molecule has 126 valence electrons. The second-order valence-electron chi connectivity index (χ2n) is 6.58. The van der Waals surface area contributed by atoms with Gasteiger partial charge >= 0.3 is 0 Å². The normalized spacial score (nSPS) is 16.7. The Hall–Kier alpha value is -2.95. The standard InChI is InChI=1S/C20H20N4O/c1-12-7-6-8-15-18(12)13(2)11-17(25)19(15)22-23-20-21-14(3)16-9-4-5-10-24(16)20/h4-6,8-12,25H,7H2,1-3H3. The van der Waals surface area contributed by atoms with E-state index in [9.17, 15) is 5.11 Å². The number of nitrogens with zero attached hydrogens (tertiary/aromatic N) is 4. The van der Waals surface area contributed by atoms with Crippen LogP contribution in [0.4, 0.5) is 11.6 Å². The fraction of sp³-hybridized carbons (Fsp3) is 0.250. The molecule has 0 radical (unpaired) electrons. The Balaban J connectivity index is 1.85. The van der Waals surface area contributed by atoms with Gasteiger partial charge in [-0.05, 0) is 55.5 Å². The summed E-state index contributed by atoms with van der Waals surface area (Å²) in [6.45, 7) is 6.17. The number of aryl methyl sites for hydroxylation is 2. The molecule has 2 aromatic heterocycles. The number of hydrogen-bond donors (Lipinski definition) is 1. The number of imidazole rings is 1. The van der Waals surface area contributed by atoms with Crippen LogP contribution in [0, 0.1) is 13.8 Å². The lowest BCUT2D eigenvalue weighted by atomic mass is 9.84. The minimum atomic E-state index is 0.149. The molecular formula is C20H20N4O. The van der Waals surface area contributed by atoms with Crippen molar-refractivity contribution in [2.75, 3.05) is 0 Å². The molecule has 0 fully saturated rings. The van der Waals surface area contributed by atoms with Gasteiger partial charge in [0.2, 0.25) is 0 Å². The smallest absolute Gasteiger partial charge is 0.254 e. The second kappa shape index (κ2) is 5.84. The van der Waals surface area contributed by atoms with Gasteiger partial charge < -0.3 is 5.11 Å². The van der Waals surface area contributed by atoms with Crippen LogP contribution in [0.3, 0.4) is 0 Å². The van der Waals surface area contributed by atoms with Crippen molar-refractivity contribution in [3.63, 3.8) is 0 Å². The molecular weight excluding hydrogens is 312 g/mol. The highest BCUT2D eigenvalue weighted by Crippen LogP contribution is 2.43. The third-order valence-electron chi connectivity index (χ3n) is 4.79. The van der Waals surface area contributed by atoms with E-state index in [0.29, 0.717) is 17.6 Å². The first kappa shape index (κ1) is 15.6. The molecule has 1 atom stereocenters. The molecule has 0 saturated heterocycles. The molecule has 4 rings (SSSR count). The monoisotopic (exact) mass is 332 g/mol. The SMILES string of the molecule is Cc1cc(O)c(N=Nc2nc(C)c3ccccn23)c2c1C(C)CC=C2. The summed E-state index contributed by atoms with van der Waals surface area (Å²) < 4.78 is 1.90. The van der Waals surface area contributed by atoms with E-state index in [4.69, 9.17) is 0 Å². The maximum atomic E-state index is 10.4. The summed E-state index contributed by atoms with van der Waals surface area (Å²) in [6, 6.07) is 7.68. The molecule has 1 aliphatic rings. The summed E-state index contributed by atoms with van der Waals surface area (Å²) >= 11 is 0. The first-order valence-corrected chi connectivity index (χ1v) is 8.44. The maximum absolute atomic E-state index is 10.4. The number of phenolic OH excluding ortho intramolecular Hbond substituents is 1. The van der Waals surface area contributed by atoms with Gasteiger partial charge in [0.05, 0.1) is 11.2 Å². The molecule has 5 heteroatoms. The average molecular weight is 332 g/mol. The van der Waals surface area contributed by atoms with E-state index in [0.717, 1.165) is 28.8 Å². The van der Waals surface area contributed by atoms with Crippen LogP contribution in [0.5, 0.6) is 5.75 Å². The Bertz CT molecular complexity index is 1030. The van der Waals surface area contributed by atoms with Crippen LogP contribution < -0.4 is 0 Å². The van der Waals surface area contributed by atoms with E-state index in [-0.39, 0.29) is 5.75 Å². The highest BCUT2D eigenvalue weighted by molar-refractivity contribution is 5.75. The molecule has 2 heterocycles. The number of rotatable bonds is 2. The number of pyridine rings is 1. The van der Waals surface area contributed by atoms with Crippen LogP contribution in [0.15, 0.2) is 46.8 Å². The minimum Gasteiger partial charge on any atom is -0.506 e. The first-order chi connectivity index (χ1) is 12.1. The largest absolute Gasteiger partial charge is 0.506 e. The van der Waals surface area contributed by atoms with E-state index < -0.39 is 0 Å². The van der Waals surface area contributed by atoms with Crippen molar-refractivity contribution in [3.05, 3.63) is 58.9 Å². The summed E-state index contributed by atoms with van der Waals surface area (Å²) in [4.78, 5) is 4.48. The molecule has 25 heavy (non-hydrogen) atoms. The topological polar surface area (TPSA) is 62.2 Å². The molecule has 0 bridgehead atoms. The van der Waals surface area contributed by atoms with Crippen molar-refractivity contribution in [3.8, 4) is 5.75 Å². The van der Waals surface area contributed by atoms with Crippen LogP contribution in [0.1, 0.15) is 41.6 Å². The van der Waals surface area contributed by atoms with Gasteiger partial charge in [-0.1, -0.05) is 25.1 Å². The zero-order chi connectivity index (χ0) is 17.6. The first-order valence-electron chi connectivity index (χ1n) is 8.44. The Kier molecular flexibility index (Phi) is 3.64. The zero-order valence-electron chi connectivity index (χ0n) is 14.6. The number of aromatic hydroxyl groups is 1. The summed E-state index contributed by atoms with van der Waals surface area (Å²) in [6.07, 6.45) is 7.07. The van der Waals surface area contributed by atoms with Gasteiger partial charge in [0.1, 0.15) is 11.4 Å². The van der Waals surface area contributed by atoms with Gasteiger partial charge in [0, 0.05) is 11.8 Å². The molecule has 0 aliphatic heterocycles. The van der Waals surface area contributed by atoms with E-state index in [1.165, 1.54) is 5.56 Å². The fourth-order valence-electron chi connectivity index (χ4n) is 3.60. The molecule has 1 aromatic carbocycles. The highest BCUT2D eigenvalue weighted by atomic mass is 16.3. The van der Waals surface area contributed by atoms with Crippen LogP contribution in [-0.4, -0.2) is 14.5 Å². The Labute approximate surface area is 146 Å². The lowest BCUT2D eigenvalue weighted by Crippen LogP contribution is -2.03. The average Bonchev–Trinajstić information content (AvgIpc) is 2.91. The molecule has 3 aromatic rings. The Morgan fingerprint density at radius 2 is 2.08 bits per heavy atom. The van der Waals surface area contributed by atoms with E-state index in [1.807, 2.05) is 48.7 Å². The summed E-state index contributed by atoms with van der Waals surface area (Å²) in [7, 11) is 0. The van der Waals surface area contributed by atoms with Gasteiger partial charge in [-0.3, -0.25) is 4.40 Å². The second-order valence-corrected chi connectivity index (χ2v) is 6.58. The quantitative estimate of drug-likeness (QED) is 0.621. The van der Waals surface area contributed by atoms with Gasteiger partial charge in [-0.2, -0.15) is 0 Å². The number of aromatic nitrogens is 2. The zero-order valence-corrected chi connectivity index (χ0v) is 14.6. The van der Waals surface area contributed by atoms with Gasteiger partial charge in [0.15, 0.2) is 0 Å². The third kappa shape index (κ3) is 2.52. The summed E-state index contributed by atoms with van der Waals surface area (Å²) in [5.41, 5.74) is 5.69. The number of fused-ring (bicyclic) bond motifs is 2. The number of phenols is 1. The van der Waals surface area contributed by atoms with Gasteiger partial charge in [-0.15, -0.1) is 10.2 Å². The Morgan fingerprint density at radius 1 is 1.24 bits per heavy atom. The summed E-state index contributed by atoms with van der Waals surface area (Å²) in [5, 5.41) is 19.1. The Morgan fingerprint density at radius 3 is 2.92 bits per heavy atom. The number of hydrogen-bond acceptors (Lipinski definition) is 4. The van der Waals surface area contributed by atoms with Crippen LogP contribution >= 0.6 is 0 Å². The van der Waals surface area contributed by atoms with Crippen LogP contribution in [0.25, 0.3) is 11.6 Å². The van der Waals surface area contributed by atoms with E-state index in [2.05, 4.69) is 28.2 Å². The summed E-state index contributed by atoms with van der Waals surface area (Å²) in [5.74, 6) is 1.06. The van der Waals surface area contributed by atoms with Crippen LogP contribution in [-0.2, 0) is 0 Å². The van der Waals surface area contributed by atoms with Crippen molar-refractivity contribution in [1.82, 2.24) is 9.38 Å². The van der Waals surface area contributed by atoms with Crippen molar-refractivity contribution >= 4 is 23.2 Å². The van der Waals surface area contributed by atoms with Crippen molar-refractivity contribution in [2.45, 2.75) is 33.1 Å². The molecule has 1 N–H and O–H groups in total. The molecule has 0 amide bonds. The molecule has 1 aliphatic carbocycles. The van der Waals surface area contributed by atoms with E-state index >= 15 is 0 Å². The van der Waals surface area contributed by atoms with E-state index in [1.54, 1.807) is 6.07 Å². The predicted octanol–water partition coefficient (Wildman–Crippen LogP) is 5.59. The number of azo groups is 1. The maximum Gasteiger partial charge on any atom is 0.254 e. The lowest BCUT2D eigenvalue weighted by molar-refractivity contribution is 0.475. The minimum absolute atomic E-state index is 0.149. The van der Waals surface area contributed by atoms with Gasteiger partial charge in [-0.25, -0.2) is 4.98 Å². The van der Waals surface area contributed by atoms with Crippen molar-refractivity contribution < 1.29 is 5.11 Å². The lowest BCUT2D eigenvalue weighted by Gasteiger charge is -2.22. The predicted molar refractivity (Wildman–Crippen MR) is 99.0 cm³/mol. The number of allylic oxidation sites excluding steroid dienone is 1.